The number of hydrogen-bond donors (Lipinski definition) is 2. The van der Waals surface area contributed by atoms with Crippen LogP contribution in [0.25, 0.3) is 33.5 Å². The van der Waals surface area contributed by atoms with Gasteiger partial charge in [0.05, 0.1) is 18.3 Å². The normalized spacial score (nSPS) is 19.6. The predicted molar refractivity (Wildman–Crippen MR) is 170 cm³/mol. The van der Waals surface area contributed by atoms with Gasteiger partial charge in [-0.15, -0.1) is 0 Å². The number of primary amides is 1. The van der Waals surface area contributed by atoms with Crippen molar-refractivity contribution >= 4 is 33.8 Å². The minimum atomic E-state index is -0.224. The molecule has 4 aromatic rings. The van der Waals surface area contributed by atoms with Crippen LogP contribution in [0.4, 0.5) is 0 Å². The number of amides is 2. The Hall–Kier alpha value is -3.85. The third-order valence-corrected chi connectivity index (χ3v) is 9.63. The fourth-order valence-corrected chi connectivity index (χ4v) is 7.36. The Morgan fingerprint density at radius 3 is 2.53 bits per heavy atom. The Kier molecular flexibility index (Phi) is 8.18. The van der Waals surface area contributed by atoms with Gasteiger partial charge in [0.15, 0.2) is 5.82 Å². The number of fused-ring (bicyclic) bond motifs is 4. The van der Waals surface area contributed by atoms with E-state index in [1.54, 1.807) is 7.11 Å². The zero-order chi connectivity index (χ0) is 30.2. The third-order valence-electron chi connectivity index (χ3n) is 9.63. The number of aryl methyl sites for hydroxylation is 3. The van der Waals surface area contributed by atoms with E-state index in [9.17, 15) is 9.59 Å². The van der Waals surface area contributed by atoms with Crippen LogP contribution in [0.3, 0.4) is 0 Å². The molecule has 9 heteroatoms. The maximum absolute atomic E-state index is 13.8. The summed E-state index contributed by atoms with van der Waals surface area (Å²) in [7, 11) is 3.67. The van der Waals surface area contributed by atoms with Crippen molar-refractivity contribution in [3.05, 3.63) is 47.5 Å². The van der Waals surface area contributed by atoms with Crippen LogP contribution in [0.15, 0.2) is 36.4 Å². The highest BCUT2D eigenvalue weighted by Crippen LogP contribution is 2.40. The summed E-state index contributed by atoms with van der Waals surface area (Å²) in [6.45, 7) is 3.04. The largest absolute Gasteiger partial charge is 0.494 e. The summed E-state index contributed by atoms with van der Waals surface area (Å²) in [5.74, 6) is 1.28. The van der Waals surface area contributed by atoms with Crippen LogP contribution < -0.4 is 16.2 Å². The molecule has 2 aromatic heterocycles. The fourth-order valence-electron chi connectivity index (χ4n) is 7.36. The number of unbranched alkanes of at least 4 members (excludes halogenated alkanes) is 4. The lowest BCUT2D eigenvalue weighted by atomic mass is 9.97. The lowest BCUT2D eigenvalue weighted by Crippen LogP contribution is -2.40. The van der Waals surface area contributed by atoms with Crippen LogP contribution in [-0.2, 0) is 24.8 Å². The lowest BCUT2D eigenvalue weighted by molar-refractivity contribution is -0.118. The van der Waals surface area contributed by atoms with E-state index in [2.05, 4.69) is 40.3 Å². The van der Waals surface area contributed by atoms with Gasteiger partial charge < -0.3 is 30.2 Å². The molecule has 43 heavy (non-hydrogen) atoms. The summed E-state index contributed by atoms with van der Waals surface area (Å²) < 4.78 is 10.3. The monoisotopic (exact) mass is 584 g/mol. The topological polar surface area (TPSA) is 121 Å². The van der Waals surface area contributed by atoms with E-state index in [4.69, 9.17) is 21.2 Å². The molecule has 2 aliphatic heterocycles. The fraction of sp³-hybridized carbons (Fsp3) is 0.500. The lowest BCUT2D eigenvalue weighted by Gasteiger charge is -2.23. The number of benzene rings is 2. The number of nitrogens with zero attached hydrogens (tertiary/aromatic N) is 4. The van der Waals surface area contributed by atoms with Crippen LogP contribution >= 0.6 is 0 Å². The van der Waals surface area contributed by atoms with Crippen molar-refractivity contribution in [3.63, 3.8) is 0 Å². The van der Waals surface area contributed by atoms with Gasteiger partial charge in [-0.1, -0.05) is 38.3 Å². The van der Waals surface area contributed by atoms with Crippen molar-refractivity contribution in [1.82, 2.24) is 19.0 Å². The Balaban J connectivity index is 1.34. The second-order valence-corrected chi connectivity index (χ2v) is 12.4. The Bertz CT molecular complexity index is 1670. The molecule has 2 amide bonds. The summed E-state index contributed by atoms with van der Waals surface area (Å²) in [5.41, 5.74) is 17.4. The van der Waals surface area contributed by atoms with E-state index in [1.807, 2.05) is 24.1 Å². The molecule has 2 bridgehead atoms. The zero-order valence-corrected chi connectivity index (χ0v) is 25.6. The number of carbonyl (C=O) groups excluding carboxylic acids is 2. The molecule has 0 spiro atoms. The number of nitrogens with two attached hydrogens (primary N) is 2. The first-order valence-electron chi connectivity index (χ1n) is 15.8. The van der Waals surface area contributed by atoms with Crippen LogP contribution in [0.2, 0.25) is 0 Å². The van der Waals surface area contributed by atoms with Crippen LogP contribution in [0.1, 0.15) is 80.6 Å². The molecule has 2 saturated heterocycles. The first-order valence-corrected chi connectivity index (χ1v) is 15.8. The summed E-state index contributed by atoms with van der Waals surface area (Å²) in [6, 6.07) is 13.1. The van der Waals surface area contributed by atoms with E-state index in [-0.39, 0.29) is 29.9 Å². The van der Waals surface area contributed by atoms with Crippen molar-refractivity contribution in [2.24, 2.45) is 18.5 Å². The highest BCUT2D eigenvalue weighted by molar-refractivity contribution is 6.01. The average molecular weight is 585 g/mol. The molecule has 2 fully saturated rings. The molecule has 4 N–H and O–H groups in total. The van der Waals surface area contributed by atoms with Gasteiger partial charge in [-0.3, -0.25) is 9.59 Å². The first-order chi connectivity index (χ1) is 20.8. The molecule has 3 atom stereocenters. The van der Waals surface area contributed by atoms with E-state index in [1.165, 1.54) is 16.5 Å². The van der Waals surface area contributed by atoms with Crippen molar-refractivity contribution in [2.75, 3.05) is 7.11 Å². The van der Waals surface area contributed by atoms with Crippen molar-refractivity contribution < 1.29 is 14.3 Å². The van der Waals surface area contributed by atoms with Gasteiger partial charge in [0.1, 0.15) is 11.3 Å². The smallest absolute Gasteiger partial charge is 0.254 e. The minimum absolute atomic E-state index is 0.0184. The Labute approximate surface area is 253 Å². The number of imidazole rings is 1. The van der Waals surface area contributed by atoms with Crippen molar-refractivity contribution in [2.45, 2.75) is 95.8 Å². The van der Waals surface area contributed by atoms with Crippen molar-refractivity contribution in [1.29, 1.82) is 0 Å². The molecular weight excluding hydrogens is 540 g/mol. The maximum Gasteiger partial charge on any atom is 0.254 e. The average Bonchev–Trinajstić information content (AvgIpc) is 3.75. The minimum Gasteiger partial charge on any atom is -0.494 e. The van der Waals surface area contributed by atoms with Gasteiger partial charge in [-0.2, -0.15) is 0 Å². The molecule has 6 rings (SSSR count). The highest BCUT2D eigenvalue weighted by atomic mass is 16.5. The van der Waals surface area contributed by atoms with Crippen molar-refractivity contribution in [3.8, 4) is 17.3 Å². The molecule has 228 valence electrons. The summed E-state index contributed by atoms with van der Waals surface area (Å²) in [5, 5.41) is 1.18. The van der Waals surface area contributed by atoms with Gasteiger partial charge in [-0.25, -0.2) is 4.98 Å². The SMILES string of the molecule is CCc1ccc2cc(-c3nc4cc(C(=O)N5[C@H]6CC[C@@H]5[C@H](N)C6)cc(OC)c4n3C)n(CCCCCCCC(N)=O)c2c1. The second-order valence-electron chi connectivity index (χ2n) is 12.4. The zero-order valence-electron chi connectivity index (χ0n) is 25.6. The molecule has 0 radical (unpaired) electrons. The molecule has 0 unspecified atom stereocenters. The molecule has 0 saturated carbocycles. The van der Waals surface area contributed by atoms with E-state index in [0.29, 0.717) is 17.7 Å². The summed E-state index contributed by atoms with van der Waals surface area (Å²) >= 11 is 0. The number of hydrogen-bond acceptors (Lipinski definition) is 5. The quantitative estimate of drug-likeness (QED) is 0.219. The summed E-state index contributed by atoms with van der Waals surface area (Å²) in [4.78, 5) is 32.0. The molecular formula is C34H44N6O3. The van der Waals surface area contributed by atoms with Crippen LogP contribution in [0, 0.1) is 0 Å². The van der Waals surface area contributed by atoms with E-state index < -0.39 is 0 Å². The van der Waals surface area contributed by atoms with Gasteiger partial charge in [-0.05, 0) is 68.4 Å². The molecule has 0 aliphatic carbocycles. The Morgan fingerprint density at radius 2 is 1.84 bits per heavy atom. The Morgan fingerprint density at radius 1 is 1.05 bits per heavy atom. The second kappa shape index (κ2) is 12.0. The molecule has 2 aromatic carbocycles. The predicted octanol–water partition coefficient (Wildman–Crippen LogP) is 5.30. The number of ether oxygens (including phenoxy) is 1. The van der Waals surface area contributed by atoms with Gasteiger partial charge >= 0.3 is 0 Å². The number of aromatic nitrogens is 3. The van der Waals surface area contributed by atoms with Gasteiger partial charge in [0.2, 0.25) is 5.91 Å². The molecule has 2 aliphatic rings. The van der Waals surface area contributed by atoms with Crippen LogP contribution in [0.5, 0.6) is 5.75 Å². The third kappa shape index (κ3) is 5.39. The highest BCUT2D eigenvalue weighted by Gasteiger charge is 2.47. The van der Waals surface area contributed by atoms with Gasteiger partial charge in [0.25, 0.3) is 5.91 Å². The van der Waals surface area contributed by atoms with Gasteiger partial charge in [0, 0.05) is 54.6 Å². The van der Waals surface area contributed by atoms with Crippen LogP contribution in [-0.4, -0.2) is 56.1 Å². The molecule has 4 heterocycles. The first kappa shape index (κ1) is 29.2. The van der Waals surface area contributed by atoms with E-state index >= 15 is 0 Å². The standard InChI is InChI=1S/C34H44N6O3/c1-4-21-11-12-22-18-29(39(28(22)16-21)15-9-7-5-6-8-10-31(36)41)33-37-26-17-23(19-30(43-3)32(26)38(33)2)34(42)40-24-13-14-27(40)25(35)20-24/h11-12,16-19,24-25,27H,4-10,13-15,20,35H2,1-3H3,(H2,36,41)/t24-,25+,27+/m0/s1. The number of methoxy groups -OCH3 is 1. The number of rotatable bonds is 12. The summed E-state index contributed by atoms with van der Waals surface area (Å²) in [6.07, 6.45) is 9.35. The maximum atomic E-state index is 13.8. The van der Waals surface area contributed by atoms with E-state index in [0.717, 1.165) is 86.9 Å². The molecule has 9 nitrogen and oxygen atoms in total. The number of carbonyl (C=O) groups is 2.